The number of unbranched alkanes of at least 4 members (excludes halogenated alkanes) is 2. The Balaban J connectivity index is 1.98. The maximum absolute atomic E-state index is 13.5. The first kappa shape index (κ1) is 30.0. The summed E-state index contributed by atoms with van der Waals surface area (Å²) in [5.41, 5.74) is 1.62. The lowest BCUT2D eigenvalue weighted by atomic mass is 9.95. The van der Waals surface area contributed by atoms with Crippen LogP contribution in [0.25, 0.3) is 6.08 Å². The summed E-state index contributed by atoms with van der Waals surface area (Å²) in [6, 6.07) is 14.2. The summed E-state index contributed by atoms with van der Waals surface area (Å²) < 4.78 is 11.9. The Morgan fingerprint density at radius 2 is 1.74 bits per heavy atom. The maximum atomic E-state index is 13.5. The van der Waals surface area contributed by atoms with Crippen molar-refractivity contribution in [2.45, 2.75) is 53.0 Å². The number of amides is 1. The van der Waals surface area contributed by atoms with Gasteiger partial charge in [0.05, 0.1) is 24.8 Å². The number of aliphatic hydroxyl groups excluding tert-OH is 1. The van der Waals surface area contributed by atoms with Crippen LogP contribution in [0, 0.1) is 0 Å². The fourth-order valence-corrected chi connectivity index (χ4v) is 4.71. The van der Waals surface area contributed by atoms with Crippen LogP contribution in [-0.4, -0.2) is 66.0 Å². The van der Waals surface area contributed by atoms with Crippen molar-refractivity contribution >= 4 is 17.8 Å². The summed E-state index contributed by atoms with van der Waals surface area (Å²) in [4.78, 5) is 30.6. The SMILES string of the molecule is CCCCCOc1ccc(C2C(C(=O)C=Cc3ccccc3)=C(O)C(=O)N2CCN(CC)CC)cc1OCC. The van der Waals surface area contributed by atoms with E-state index in [9.17, 15) is 14.7 Å². The topological polar surface area (TPSA) is 79.3 Å². The average Bonchev–Trinajstić information content (AvgIpc) is 3.21. The molecule has 0 saturated heterocycles. The largest absolute Gasteiger partial charge is 0.503 e. The van der Waals surface area contributed by atoms with Crippen LogP contribution in [0.5, 0.6) is 11.5 Å². The molecule has 0 saturated carbocycles. The average molecular weight is 535 g/mol. The van der Waals surface area contributed by atoms with Crippen molar-refractivity contribution in [2.75, 3.05) is 39.4 Å². The van der Waals surface area contributed by atoms with Gasteiger partial charge in [0.25, 0.3) is 5.91 Å². The van der Waals surface area contributed by atoms with Gasteiger partial charge < -0.3 is 24.4 Å². The highest BCUT2D eigenvalue weighted by atomic mass is 16.5. The van der Waals surface area contributed by atoms with Gasteiger partial charge in [-0.25, -0.2) is 0 Å². The van der Waals surface area contributed by atoms with E-state index in [1.807, 2.05) is 55.5 Å². The van der Waals surface area contributed by atoms with Gasteiger partial charge in [0.2, 0.25) is 0 Å². The van der Waals surface area contributed by atoms with Crippen LogP contribution in [0.2, 0.25) is 0 Å². The predicted molar refractivity (Wildman–Crippen MR) is 155 cm³/mol. The van der Waals surface area contributed by atoms with E-state index in [0.29, 0.717) is 43.4 Å². The highest BCUT2D eigenvalue weighted by Crippen LogP contribution is 2.41. The first-order valence-electron chi connectivity index (χ1n) is 14.1. The fourth-order valence-electron chi connectivity index (χ4n) is 4.71. The van der Waals surface area contributed by atoms with Crippen molar-refractivity contribution in [3.8, 4) is 11.5 Å². The number of nitrogens with zero attached hydrogens (tertiary/aromatic N) is 2. The van der Waals surface area contributed by atoms with Crippen molar-refractivity contribution in [1.29, 1.82) is 0 Å². The highest BCUT2D eigenvalue weighted by Gasteiger charge is 2.43. The molecule has 1 amide bonds. The quantitative estimate of drug-likeness (QED) is 0.211. The number of aliphatic hydroxyl groups is 1. The van der Waals surface area contributed by atoms with Crippen molar-refractivity contribution in [3.05, 3.63) is 77.1 Å². The number of likely N-dealkylation sites (N-methyl/N-ethyl adjacent to an activating group) is 1. The van der Waals surface area contributed by atoms with Crippen LogP contribution in [0.1, 0.15) is 64.1 Å². The molecular weight excluding hydrogens is 492 g/mol. The van der Waals surface area contributed by atoms with E-state index in [0.717, 1.165) is 37.9 Å². The molecule has 7 heteroatoms. The van der Waals surface area contributed by atoms with Crippen molar-refractivity contribution < 1.29 is 24.2 Å². The van der Waals surface area contributed by atoms with E-state index in [1.165, 1.54) is 6.08 Å². The molecule has 2 aromatic rings. The van der Waals surface area contributed by atoms with E-state index in [4.69, 9.17) is 9.47 Å². The fraction of sp³-hybridized carbons (Fsp3) is 0.438. The molecule has 1 unspecified atom stereocenters. The third-order valence-corrected chi connectivity index (χ3v) is 6.94. The number of ketones is 1. The molecule has 1 aliphatic rings. The number of rotatable bonds is 16. The lowest BCUT2D eigenvalue weighted by Gasteiger charge is -2.29. The summed E-state index contributed by atoms with van der Waals surface area (Å²) >= 11 is 0. The van der Waals surface area contributed by atoms with Gasteiger partial charge in [-0.15, -0.1) is 0 Å². The molecule has 0 spiro atoms. The Hall–Kier alpha value is -3.58. The molecule has 39 heavy (non-hydrogen) atoms. The van der Waals surface area contributed by atoms with Crippen LogP contribution in [0.3, 0.4) is 0 Å². The van der Waals surface area contributed by atoms with E-state index >= 15 is 0 Å². The zero-order valence-corrected chi connectivity index (χ0v) is 23.7. The summed E-state index contributed by atoms with van der Waals surface area (Å²) in [6.07, 6.45) is 6.25. The first-order valence-corrected chi connectivity index (χ1v) is 14.1. The number of hydrogen-bond donors (Lipinski definition) is 1. The molecule has 0 bridgehead atoms. The van der Waals surface area contributed by atoms with Gasteiger partial charge in [-0.1, -0.05) is 76.1 Å². The number of carbonyl (C=O) groups excluding carboxylic acids is 2. The minimum absolute atomic E-state index is 0.0748. The number of benzene rings is 2. The zero-order valence-electron chi connectivity index (χ0n) is 23.7. The van der Waals surface area contributed by atoms with Gasteiger partial charge in [-0.2, -0.15) is 0 Å². The Labute approximate surface area is 232 Å². The zero-order chi connectivity index (χ0) is 28.2. The van der Waals surface area contributed by atoms with Gasteiger partial charge in [0.15, 0.2) is 23.0 Å². The van der Waals surface area contributed by atoms with Crippen molar-refractivity contribution in [2.24, 2.45) is 0 Å². The molecule has 0 fully saturated rings. The Bertz CT molecular complexity index is 1150. The molecule has 0 radical (unpaired) electrons. The molecule has 7 nitrogen and oxygen atoms in total. The molecule has 1 aliphatic heterocycles. The summed E-state index contributed by atoms with van der Waals surface area (Å²) in [7, 11) is 0. The second-order valence-electron chi connectivity index (χ2n) is 9.49. The minimum atomic E-state index is -0.741. The van der Waals surface area contributed by atoms with Gasteiger partial charge in [0, 0.05) is 13.1 Å². The van der Waals surface area contributed by atoms with Crippen LogP contribution < -0.4 is 9.47 Å². The number of hydrogen-bond acceptors (Lipinski definition) is 6. The molecule has 210 valence electrons. The van der Waals surface area contributed by atoms with Crippen LogP contribution >= 0.6 is 0 Å². The summed E-state index contributed by atoms with van der Waals surface area (Å²) in [6.45, 7) is 11.9. The predicted octanol–water partition coefficient (Wildman–Crippen LogP) is 5.97. The smallest absolute Gasteiger partial charge is 0.290 e. The summed E-state index contributed by atoms with van der Waals surface area (Å²) in [5, 5.41) is 11.0. The molecule has 1 N–H and O–H groups in total. The summed E-state index contributed by atoms with van der Waals surface area (Å²) in [5.74, 6) is -0.263. The lowest BCUT2D eigenvalue weighted by molar-refractivity contribution is -0.129. The molecular formula is C32H42N2O5. The van der Waals surface area contributed by atoms with Gasteiger partial charge in [0.1, 0.15) is 0 Å². The molecule has 1 heterocycles. The second kappa shape index (κ2) is 15.1. The van der Waals surface area contributed by atoms with Crippen LogP contribution in [-0.2, 0) is 9.59 Å². The van der Waals surface area contributed by atoms with Gasteiger partial charge in [-0.05, 0) is 55.8 Å². The second-order valence-corrected chi connectivity index (χ2v) is 9.49. The van der Waals surface area contributed by atoms with Gasteiger partial charge >= 0.3 is 0 Å². The van der Waals surface area contributed by atoms with E-state index in [1.54, 1.807) is 11.0 Å². The molecule has 2 aromatic carbocycles. The normalized spacial score (nSPS) is 15.6. The highest BCUT2D eigenvalue weighted by molar-refractivity contribution is 6.14. The molecule has 1 atom stereocenters. The molecule has 0 aliphatic carbocycles. The minimum Gasteiger partial charge on any atom is -0.503 e. The van der Waals surface area contributed by atoms with E-state index in [2.05, 4.69) is 25.7 Å². The molecule has 0 aromatic heterocycles. The van der Waals surface area contributed by atoms with Crippen LogP contribution in [0.4, 0.5) is 0 Å². The van der Waals surface area contributed by atoms with E-state index < -0.39 is 23.5 Å². The van der Waals surface area contributed by atoms with E-state index in [-0.39, 0.29) is 5.57 Å². The third kappa shape index (κ3) is 7.73. The number of allylic oxidation sites excluding steroid dienone is 1. The number of carbonyl (C=O) groups is 2. The Morgan fingerprint density at radius 3 is 2.41 bits per heavy atom. The lowest BCUT2D eigenvalue weighted by Crippen LogP contribution is -2.38. The first-order chi connectivity index (χ1) is 18.9. The third-order valence-electron chi connectivity index (χ3n) is 6.94. The van der Waals surface area contributed by atoms with Crippen molar-refractivity contribution in [1.82, 2.24) is 9.80 Å². The number of ether oxygens (including phenoxy) is 2. The Kier molecular flexibility index (Phi) is 11.6. The van der Waals surface area contributed by atoms with Crippen molar-refractivity contribution in [3.63, 3.8) is 0 Å². The monoisotopic (exact) mass is 534 g/mol. The molecule has 3 rings (SSSR count). The standard InChI is InChI=1S/C32H42N2O5/c1-5-9-13-22-39-27-19-17-25(23-28(27)38-8-4)30-29(26(35)18-16-24-14-11-10-12-15-24)31(36)32(37)34(30)21-20-33(6-2)7-3/h10-12,14-19,23,30,36H,5-9,13,20-22H2,1-4H3. The van der Waals surface area contributed by atoms with Crippen LogP contribution in [0.15, 0.2) is 65.9 Å². The maximum Gasteiger partial charge on any atom is 0.290 e. The Morgan fingerprint density at radius 1 is 1.00 bits per heavy atom. The van der Waals surface area contributed by atoms with Gasteiger partial charge in [-0.3, -0.25) is 9.59 Å².